The molecule has 3 aromatic heterocycles. The Morgan fingerprint density at radius 3 is 3.03 bits per heavy atom. The standard InChI is InChI=1S/C20H19N5OS4/c1-25-8-2-4-13-16(11-25)28-19(21-13)18(26)23-20-22-14-7-6-12(10-15(14)29-20)24-30-17-5-3-9-27-17/h3,5-7,9-10,24H,2,4,8,11H2,1H3,(H,22,23,26). The van der Waals surface area contributed by atoms with Crippen LogP contribution in [0.2, 0.25) is 0 Å². The van der Waals surface area contributed by atoms with Crippen LogP contribution in [0, 0.1) is 0 Å². The predicted molar refractivity (Wildman–Crippen MR) is 128 cm³/mol. The van der Waals surface area contributed by atoms with Crippen molar-refractivity contribution in [2.24, 2.45) is 0 Å². The summed E-state index contributed by atoms with van der Waals surface area (Å²) in [5.41, 5.74) is 2.95. The highest BCUT2D eigenvalue weighted by Crippen LogP contribution is 2.32. The van der Waals surface area contributed by atoms with Gasteiger partial charge >= 0.3 is 0 Å². The number of amides is 1. The van der Waals surface area contributed by atoms with E-state index in [1.807, 2.05) is 18.2 Å². The minimum absolute atomic E-state index is 0.179. The van der Waals surface area contributed by atoms with E-state index in [9.17, 15) is 4.79 Å². The van der Waals surface area contributed by atoms with E-state index < -0.39 is 0 Å². The Hall–Kier alpha value is -1.98. The fourth-order valence-corrected chi connectivity index (χ4v) is 6.67. The van der Waals surface area contributed by atoms with E-state index in [0.717, 1.165) is 47.5 Å². The number of nitrogens with zero attached hydrogens (tertiary/aromatic N) is 3. The second-order valence-electron chi connectivity index (χ2n) is 7.02. The number of rotatable bonds is 5. The van der Waals surface area contributed by atoms with Crippen molar-refractivity contribution in [3.63, 3.8) is 0 Å². The Labute approximate surface area is 190 Å². The normalized spacial score (nSPS) is 14.4. The van der Waals surface area contributed by atoms with Crippen molar-refractivity contribution in [1.29, 1.82) is 0 Å². The van der Waals surface area contributed by atoms with Gasteiger partial charge in [0.1, 0.15) is 0 Å². The monoisotopic (exact) mass is 473 g/mol. The molecule has 0 aliphatic carbocycles. The number of carbonyl (C=O) groups excluding carboxylic acids is 1. The zero-order chi connectivity index (χ0) is 20.5. The van der Waals surface area contributed by atoms with Gasteiger partial charge in [0, 0.05) is 17.1 Å². The van der Waals surface area contributed by atoms with E-state index in [2.05, 4.69) is 49.5 Å². The first-order valence-electron chi connectivity index (χ1n) is 9.49. The van der Waals surface area contributed by atoms with Gasteiger partial charge in [-0.15, -0.1) is 22.7 Å². The zero-order valence-electron chi connectivity index (χ0n) is 16.2. The molecule has 0 bridgehead atoms. The summed E-state index contributed by atoms with van der Waals surface area (Å²) in [6.07, 6.45) is 2.01. The van der Waals surface area contributed by atoms with Crippen LogP contribution >= 0.6 is 46.0 Å². The topological polar surface area (TPSA) is 70.2 Å². The minimum atomic E-state index is -0.179. The molecule has 0 saturated carbocycles. The first-order chi connectivity index (χ1) is 14.6. The number of anilines is 2. The molecule has 0 atom stereocenters. The molecule has 154 valence electrons. The van der Waals surface area contributed by atoms with Gasteiger partial charge in [0.2, 0.25) is 0 Å². The van der Waals surface area contributed by atoms with Gasteiger partial charge in [-0.2, -0.15) is 0 Å². The van der Waals surface area contributed by atoms with Crippen LogP contribution < -0.4 is 10.0 Å². The van der Waals surface area contributed by atoms with E-state index in [4.69, 9.17) is 0 Å². The molecule has 10 heteroatoms. The number of nitrogens with one attached hydrogen (secondary N) is 2. The predicted octanol–water partition coefficient (Wildman–Crippen LogP) is 5.56. The molecular weight excluding hydrogens is 455 g/mol. The highest BCUT2D eigenvalue weighted by molar-refractivity contribution is 8.02. The fourth-order valence-electron chi connectivity index (χ4n) is 3.26. The molecule has 1 amide bonds. The number of benzene rings is 1. The molecule has 30 heavy (non-hydrogen) atoms. The quantitative estimate of drug-likeness (QED) is 0.370. The molecule has 6 nitrogen and oxygen atoms in total. The molecule has 4 heterocycles. The van der Waals surface area contributed by atoms with Gasteiger partial charge in [-0.05, 0) is 68.0 Å². The van der Waals surface area contributed by atoms with Crippen LogP contribution in [0.4, 0.5) is 10.8 Å². The third-order valence-electron chi connectivity index (χ3n) is 4.71. The van der Waals surface area contributed by atoms with Gasteiger partial charge in [0.15, 0.2) is 10.1 Å². The van der Waals surface area contributed by atoms with E-state index in [1.165, 1.54) is 31.8 Å². The van der Waals surface area contributed by atoms with E-state index in [0.29, 0.717) is 10.1 Å². The minimum Gasteiger partial charge on any atom is -0.325 e. The second kappa shape index (κ2) is 8.64. The van der Waals surface area contributed by atoms with E-state index in [1.54, 1.807) is 23.3 Å². The number of thiazole rings is 2. The molecule has 1 aliphatic heterocycles. The molecule has 0 saturated heterocycles. The average molecular weight is 474 g/mol. The van der Waals surface area contributed by atoms with Gasteiger partial charge in [0.05, 0.1) is 20.1 Å². The Morgan fingerprint density at radius 1 is 1.23 bits per heavy atom. The summed E-state index contributed by atoms with van der Waals surface area (Å²) in [6.45, 7) is 1.93. The number of thiophene rings is 1. The summed E-state index contributed by atoms with van der Waals surface area (Å²) in [5, 5.41) is 6.11. The number of aromatic nitrogens is 2. The largest absolute Gasteiger partial charge is 0.325 e. The van der Waals surface area contributed by atoms with Crippen molar-refractivity contribution in [3.8, 4) is 0 Å². The number of aryl methyl sites for hydroxylation is 1. The van der Waals surface area contributed by atoms with Crippen LogP contribution in [0.1, 0.15) is 26.8 Å². The van der Waals surface area contributed by atoms with Gasteiger partial charge < -0.3 is 9.62 Å². The number of carbonyl (C=O) groups is 1. The van der Waals surface area contributed by atoms with Crippen molar-refractivity contribution in [2.45, 2.75) is 23.6 Å². The SMILES string of the molecule is CN1CCCc2nc(C(=O)Nc3nc4ccc(NSc5cccs5)cc4s3)sc2C1. The highest BCUT2D eigenvalue weighted by Gasteiger charge is 2.21. The van der Waals surface area contributed by atoms with Crippen molar-refractivity contribution in [3.05, 3.63) is 51.3 Å². The fraction of sp³-hybridized carbons (Fsp3) is 0.250. The molecular formula is C20H19N5OS4. The third-order valence-corrected chi connectivity index (χ3v) is 8.60. The highest BCUT2D eigenvalue weighted by atomic mass is 32.2. The molecule has 2 N–H and O–H groups in total. The summed E-state index contributed by atoms with van der Waals surface area (Å²) in [7, 11) is 2.11. The second-order valence-corrected chi connectivity index (χ2v) is 11.2. The molecule has 0 radical (unpaired) electrons. The summed E-state index contributed by atoms with van der Waals surface area (Å²) in [5.74, 6) is -0.179. The lowest BCUT2D eigenvalue weighted by Gasteiger charge is -2.11. The first-order valence-corrected chi connectivity index (χ1v) is 12.8. The van der Waals surface area contributed by atoms with Crippen LogP contribution in [0.3, 0.4) is 0 Å². The summed E-state index contributed by atoms with van der Waals surface area (Å²) < 4.78 is 5.59. The summed E-state index contributed by atoms with van der Waals surface area (Å²) in [4.78, 5) is 25.4. The molecule has 5 rings (SSSR count). The molecule has 4 aromatic rings. The van der Waals surface area contributed by atoms with Crippen LogP contribution in [-0.2, 0) is 13.0 Å². The molecule has 0 fully saturated rings. The van der Waals surface area contributed by atoms with Gasteiger partial charge in [-0.25, -0.2) is 9.97 Å². The third kappa shape index (κ3) is 4.37. The first kappa shape index (κ1) is 20.0. The number of fused-ring (bicyclic) bond motifs is 2. The Bertz CT molecular complexity index is 1180. The number of hydrogen-bond acceptors (Lipinski definition) is 9. The van der Waals surface area contributed by atoms with Crippen LogP contribution in [0.5, 0.6) is 0 Å². The lowest BCUT2D eigenvalue weighted by Crippen LogP contribution is -2.16. The van der Waals surface area contributed by atoms with Crippen molar-refractivity contribution >= 4 is 72.9 Å². The van der Waals surface area contributed by atoms with Gasteiger partial charge in [-0.3, -0.25) is 10.1 Å². The average Bonchev–Trinajstić information content (AvgIpc) is 3.44. The van der Waals surface area contributed by atoms with E-state index in [-0.39, 0.29) is 5.91 Å². The Balaban J connectivity index is 1.29. The smallest absolute Gasteiger partial charge is 0.286 e. The van der Waals surface area contributed by atoms with E-state index >= 15 is 0 Å². The van der Waals surface area contributed by atoms with Crippen molar-refractivity contribution in [1.82, 2.24) is 14.9 Å². The maximum Gasteiger partial charge on any atom is 0.286 e. The van der Waals surface area contributed by atoms with Crippen LogP contribution in [0.25, 0.3) is 10.2 Å². The van der Waals surface area contributed by atoms with Crippen molar-refractivity contribution in [2.75, 3.05) is 23.6 Å². The van der Waals surface area contributed by atoms with Gasteiger partial charge in [-0.1, -0.05) is 17.4 Å². The molecule has 0 spiro atoms. The summed E-state index contributed by atoms with van der Waals surface area (Å²) in [6, 6.07) is 10.2. The molecule has 1 aromatic carbocycles. The van der Waals surface area contributed by atoms with Crippen LogP contribution in [-0.4, -0.2) is 34.4 Å². The maximum absolute atomic E-state index is 12.8. The maximum atomic E-state index is 12.8. The Morgan fingerprint density at radius 2 is 2.17 bits per heavy atom. The lowest BCUT2D eigenvalue weighted by atomic mass is 10.2. The zero-order valence-corrected chi connectivity index (χ0v) is 19.4. The van der Waals surface area contributed by atoms with Crippen molar-refractivity contribution < 1.29 is 4.79 Å². The van der Waals surface area contributed by atoms with Crippen LogP contribution in [0.15, 0.2) is 39.9 Å². The number of hydrogen-bond donors (Lipinski definition) is 2. The molecule has 0 unspecified atom stereocenters. The Kier molecular flexibility index (Phi) is 5.74. The lowest BCUT2D eigenvalue weighted by molar-refractivity contribution is 0.102. The van der Waals surface area contributed by atoms with Gasteiger partial charge in [0.25, 0.3) is 5.91 Å². The molecule has 1 aliphatic rings. The summed E-state index contributed by atoms with van der Waals surface area (Å²) >= 11 is 6.26.